The van der Waals surface area contributed by atoms with E-state index in [1.54, 1.807) is 0 Å². The second-order valence-corrected chi connectivity index (χ2v) is 14.7. The fourth-order valence-electron chi connectivity index (χ4n) is 5.54. The van der Waals surface area contributed by atoms with Crippen LogP contribution in [-0.2, 0) is 28.6 Å². The van der Waals surface area contributed by atoms with E-state index in [0.29, 0.717) is 19.3 Å². The van der Waals surface area contributed by atoms with Gasteiger partial charge in [0.05, 0.1) is 0 Å². The van der Waals surface area contributed by atoms with Crippen LogP contribution in [0.2, 0.25) is 0 Å². The number of hydrogen-bond acceptors (Lipinski definition) is 6. The largest absolute Gasteiger partial charge is 0.462 e. The summed E-state index contributed by atoms with van der Waals surface area (Å²) in [5.74, 6) is -1.07. The lowest BCUT2D eigenvalue weighted by Crippen LogP contribution is -2.30. The van der Waals surface area contributed by atoms with E-state index in [1.807, 2.05) is 42.5 Å². The molecule has 0 N–H and O–H groups in total. The van der Waals surface area contributed by atoms with Gasteiger partial charge in [0, 0.05) is 19.3 Å². The van der Waals surface area contributed by atoms with Gasteiger partial charge < -0.3 is 14.2 Å². The maximum Gasteiger partial charge on any atom is 0.306 e. The summed E-state index contributed by atoms with van der Waals surface area (Å²) in [5.41, 5.74) is 0. The lowest BCUT2D eigenvalue weighted by Gasteiger charge is -2.18. The fraction of sp³-hybridized carbons (Fsp3) is 0.509. The smallest absolute Gasteiger partial charge is 0.306 e. The van der Waals surface area contributed by atoms with Crippen LogP contribution in [0.15, 0.2) is 146 Å². The van der Waals surface area contributed by atoms with Crippen molar-refractivity contribution in [1.82, 2.24) is 0 Å². The van der Waals surface area contributed by atoms with Gasteiger partial charge >= 0.3 is 17.9 Å². The van der Waals surface area contributed by atoms with Gasteiger partial charge in [0.1, 0.15) is 13.2 Å². The van der Waals surface area contributed by atoms with E-state index in [1.165, 1.54) is 0 Å². The van der Waals surface area contributed by atoms with Crippen LogP contribution in [0.1, 0.15) is 162 Å². The maximum absolute atomic E-state index is 12.7. The van der Waals surface area contributed by atoms with Crippen LogP contribution in [-0.4, -0.2) is 37.2 Å². The summed E-state index contributed by atoms with van der Waals surface area (Å²) >= 11 is 0. The Hall–Kier alpha value is -4.71. The molecular formula is C55H82O6. The molecule has 0 amide bonds. The van der Waals surface area contributed by atoms with Crippen molar-refractivity contribution in [2.75, 3.05) is 13.2 Å². The summed E-state index contributed by atoms with van der Waals surface area (Å²) in [6.07, 6.45) is 68.3. The van der Waals surface area contributed by atoms with Crippen molar-refractivity contribution in [3.05, 3.63) is 146 Å². The molecule has 0 saturated heterocycles. The average Bonchev–Trinajstić information content (AvgIpc) is 3.26. The summed E-state index contributed by atoms with van der Waals surface area (Å²) in [4.78, 5) is 37.8. The Balaban J connectivity index is 4.61. The monoisotopic (exact) mass is 839 g/mol. The number of rotatable bonds is 39. The number of carbonyl (C=O) groups is 3. The molecule has 0 radical (unpaired) electrons. The van der Waals surface area contributed by atoms with Crippen LogP contribution in [0.25, 0.3) is 0 Å². The number of ether oxygens (including phenoxy) is 3. The van der Waals surface area contributed by atoms with Gasteiger partial charge in [-0.15, -0.1) is 0 Å². The Bertz CT molecular complexity index is 1430. The van der Waals surface area contributed by atoms with Crippen LogP contribution in [0.5, 0.6) is 0 Å². The Labute approximate surface area is 372 Å². The standard InChI is InChI=1S/C55H82O6/c1-4-7-10-13-16-19-22-25-26-27-28-31-33-36-39-42-45-48-54(57)60-51-52(61-55(58)49-46-43-40-37-34-30-24-21-18-15-12-9-6-3)50-59-53(56)47-44-41-38-35-32-29-23-20-17-14-11-8-5-2/h7-12,14-21,23-26,28,30-31,34,36,39,52H,4-6,13,22,27,29,32-33,35,37-38,40-51H2,1-3H3/b10-7-,11-8-,12-9-,17-14-,18-15-,19-16-,23-20-,24-21-,26-25-,31-28-,34-30-,39-36-. The molecule has 338 valence electrons. The molecule has 1 atom stereocenters. The molecule has 0 aromatic rings. The van der Waals surface area contributed by atoms with Crippen LogP contribution in [0.3, 0.4) is 0 Å². The molecule has 61 heavy (non-hydrogen) atoms. The minimum Gasteiger partial charge on any atom is -0.462 e. The van der Waals surface area contributed by atoms with Crippen LogP contribution in [0, 0.1) is 0 Å². The summed E-state index contributed by atoms with van der Waals surface area (Å²) in [5, 5.41) is 0. The first-order valence-corrected chi connectivity index (χ1v) is 23.4. The minimum atomic E-state index is -0.835. The molecule has 0 saturated carbocycles. The predicted octanol–water partition coefficient (Wildman–Crippen LogP) is 15.3. The number of esters is 3. The summed E-state index contributed by atoms with van der Waals surface area (Å²) in [7, 11) is 0. The molecule has 0 aliphatic carbocycles. The molecule has 1 unspecified atom stereocenters. The van der Waals surface area contributed by atoms with Gasteiger partial charge in [0.15, 0.2) is 6.10 Å². The highest BCUT2D eigenvalue weighted by molar-refractivity contribution is 5.71. The number of carbonyl (C=O) groups excluding carboxylic acids is 3. The zero-order valence-corrected chi connectivity index (χ0v) is 38.4. The lowest BCUT2D eigenvalue weighted by molar-refractivity contribution is -0.167. The van der Waals surface area contributed by atoms with E-state index in [-0.39, 0.29) is 44.0 Å². The van der Waals surface area contributed by atoms with Gasteiger partial charge in [-0.1, -0.05) is 192 Å². The van der Waals surface area contributed by atoms with E-state index >= 15 is 0 Å². The summed E-state index contributed by atoms with van der Waals surface area (Å²) in [6.45, 7) is 6.10. The highest BCUT2D eigenvalue weighted by Gasteiger charge is 2.19. The minimum absolute atomic E-state index is 0.130. The first kappa shape index (κ1) is 56.3. The van der Waals surface area contributed by atoms with E-state index in [9.17, 15) is 14.4 Å². The molecule has 0 fully saturated rings. The van der Waals surface area contributed by atoms with Gasteiger partial charge in [-0.3, -0.25) is 14.4 Å². The van der Waals surface area contributed by atoms with Crippen LogP contribution in [0.4, 0.5) is 0 Å². The number of unbranched alkanes of at least 4 members (excludes halogenated alkanes) is 9. The SMILES string of the molecule is CC\C=C/C=C\C=C/C=C\CCCCCC(=O)OC(COC(=O)CCC/C=C\C/C=C\C/C=C\C/C=C\C/C=C\CC)COC(=O)CCCCCCC\C=C/C=C\C=C/CC. The topological polar surface area (TPSA) is 78.9 Å². The lowest BCUT2D eigenvalue weighted by atomic mass is 10.1. The Morgan fingerprint density at radius 3 is 1.18 bits per heavy atom. The molecule has 0 heterocycles. The molecule has 6 heteroatoms. The third-order valence-electron chi connectivity index (χ3n) is 8.98. The highest BCUT2D eigenvalue weighted by atomic mass is 16.6. The van der Waals surface area contributed by atoms with Crippen molar-refractivity contribution in [2.24, 2.45) is 0 Å². The normalized spacial score (nSPS) is 13.4. The Kier molecular flexibility index (Phi) is 44.3. The van der Waals surface area contributed by atoms with Crippen molar-refractivity contribution in [3.63, 3.8) is 0 Å². The van der Waals surface area contributed by atoms with Crippen molar-refractivity contribution in [2.45, 2.75) is 168 Å². The van der Waals surface area contributed by atoms with E-state index < -0.39 is 6.10 Å². The second kappa shape index (κ2) is 48.0. The molecule has 0 aromatic carbocycles. The number of hydrogen-bond donors (Lipinski definition) is 0. The zero-order valence-electron chi connectivity index (χ0n) is 38.4. The first-order valence-electron chi connectivity index (χ1n) is 23.4. The van der Waals surface area contributed by atoms with Crippen molar-refractivity contribution >= 4 is 17.9 Å². The Morgan fingerprint density at radius 1 is 0.344 bits per heavy atom. The van der Waals surface area contributed by atoms with E-state index in [2.05, 4.69) is 124 Å². The number of allylic oxidation sites excluding steroid dienone is 24. The van der Waals surface area contributed by atoms with Crippen molar-refractivity contribution in [3.8, 4) is 0 Å². The van der Waals surface area contributed by atoms with Crippen molar-refractivity contribution in [1.29, 1.82) is 0 Å². The third-order valence-corrected chi connectivity index (χ3v) is 8.98. The molecule has 0 bridgehead atoms. The second-order valence-electron chi connectivity index (χ2n) is 14.7. The summed E-state index contributed by atoms with van der Waals surface area (Å²) < 4.78 is 16.6. The molecular weight excluding hydrogens is 757 g/mol. The van der Waals surface area contributed by atoms with Gasteiger partial charge in [0.2, 0.25) is 0 Å². The van der Waals surface area contributed by atoms with Crippen LogP contribution < -0.4 is 0 Å². The molecule has 6 nitrogen and oxygen atoms in total. The van der Waals surface area contributed by atoms with Gasteiger partial charge in [0.25, 0.3) is 0 Å². The summed E-state index contributed by atoms with van der Waals surface area (Å²) in [6, 6.07) is 0. The molecule has 0 aliphatic heterocycles. The quantitative estimate of drug-likeness (QED) is 0.0202. The van der Waals surface area contributed by atoms with E-state index in [4.69, 9.17) is 14.2 Å². The van der Waals surface area contributed by atoms with E-state index in [0.717, 1.165) is 109 Å². The first-order chi connectivity index (χ1) is 30.0. The highest BCUT2D eigenvalue weighted by Crippen LogP contribution is 2.11. The molecule has 0 rings (SSSR count). The maximum atomic E-state index is 12.7. The Morgan fingerprint density at radius 2 is 0.689 bits per heavy atom. The van der Waals surface area contributed by atoms with Gasteiger partial charge in [-0.05, 0) is 96.3 Å². The third kappa shape index (κ3) is 46.2. The predicted molar refractivity (Wildman–Crippen MR) is 260 cm³/mol. The molecule has 0 spiro atoms. The van der Waals surface area contributed by atoms with Crippen molar-refractivity contribution < 1.29 is 28.6 Å². The zero-order chi connectivity index (χ0) is 44.4. The molecule has 0 aromatic heterocycles. The average molecular weight is 839 g/mol. The van der Waals surface area contributed by atoms with Crippen LogP contribution >= 0.6 is 0 Å². The molecule has 0 aliphatic rings. The van der Waals surface area contributed by atoms with Gasteiger partial charge in [-0.2, -0.15) is 0 Å². The van der Waals surface area contributed by atoms with Gasteiger partial charge in [-0.25, -0.2) is 0 Å². The fourth-order valence-corrected chi connectivity index (χ4v) is 5.54.